The monoisotopic (exact) mass is 279 g/mol. The summed E-state index contributed by atoms with van der Waals surface area (Å²) in [6, 6.07) is 7.08. The molecule has 1 unspecified atom stereocenters. The molecule has 1 atom stereocenters. The minimum absolute atomic E-state index is 0.0542. The molecule has 5 heteroatoms. The normalized spacial score (nSPS) is 12.7. The van der Waals surface area contributed by atoms with Crippen LogP contribution in [0.3, 0.4) is 0 Å². The lowest BCUT2D eigenvalue weighted by Crippen LogP contribution is -2.46. The van der Waals surface area contributed by atoms with E-state index in [2.05, 4.69) is 10.2 Å². The van der Waals surface area contributed by atoms with Gasteiger partial charge in [-0.3, -0.25) is 9.69 Å². The minimum atomic E-state index is -0.251. The second-order valence-corrected chi connectivity index (χ2v) is 5.20. The predicted octanol–water partition coefficient (Wildman–Crippen LogP) is 1.69. The second kappa shape index (κ2) is 7.87. The molecule has 0 aliphatic heterocycles. The maximum Gasteiger partial charge on any atom is 0.241 e. The van der Waals surface area contributed by atoms with E-state index in [-0.39, 0.29) is 24.6 Å². The summed E-state index contributed by atoms with van der Waals surface area (Å²) >= 11 is 0. The SMILES string of the molecule is CC(C)N(CCCO)C(C)C(=O)Nc1ccc(N)cc1. The second-order valence-electron chi connectivity index (χ2n) is 5.20. The van der Waals surface area contributed by atoms with Gasteiger partial charge in [-0.2, -0.15) is 0 Å². The summed E-state index contributed by atoms with van der Waals surface area (Å²) in [5.41, 5.74) is 7.02. The molecule has 1 aromatic rings. The van der Waals surface area contributed by atoms with Crippen LogP contribution in [0.5, 0.6) is 0 Å². The van der Waals surface area contributed by atoms with E-state index in [4.69, 9.17) is 10.8 Å². The number of nitrogen functional groups attached to an aromatic ring is 1. The van der Waals surface area contributed by atoms with E-state index in [9.17, 15) is 4.79 Å². The van der Waals surface area contributed by atoms with Crippen LogP contribution in [0.1, 0.15) is 27.2 Å². The Morgan fingerprint density at radius 3 is 2.40 bits per heavy atom. The molecule has 0 saturated carbocycles. The third-order valence-corrected chi connectivity index (χ3v) is 3.29. The van der Waals surface area contributed by atoms with Gasteiger partial charge in [0.15, 0.2) is 0 Å². The van der Waals surface area contributed by atoms with Gasteiger partial charge in [-0.1, -0.05) is 0 Å². The molecule has 5 nitrogen and oxygen atoms in total. The summed E-state index contributed by atoms with van der Waals surface area (Å²) in [5.74, 6) is -0.0542. The Labute approximate surface area is 120 Å². The van der Waals surface area contributed by atoms with E-state index in [1.54, 1.807) is 24.3 Å². The van der Waals surface area contributed by atoms with Crippen LogP contribution in [-0.4, -0.2) is 41.1 Å². The van der Waals surface area contributed by atoms with Crippen molar-refractivity contribution < 1.29 is 9.90 Å². The lowest BCUT2D eigenvalue weighted by molar-refractivity contribution is -0.121. The van der Waals surface area contributed by atoms with E-state index >= 15 is 0 Å². The summed E-state index contributed by atoms with van der Waals surface area (Å²) in [6.07, 6.45) is 0.664. The number of carbonyl (C=O) groups excluding carboxylic acids is 1. The van der Waals surface area contributed by atoms with Gasteiger partial charge in [-0.25, -0.2) is 0 Å². The first kappa shape index (κ1) is 16.5. The lowest BCUT2D eigenvalue weighted by atomic mass is 10.2. The standard InChI is InChI=1S/C15H25N3O2/c1-11(2)18(9-4-10-19)12(3)15(20)17-14-7-5-13(16)6-8-14/h5-8,11-12,19H,4,9-10,16H2,1-3H3,(H,17,20). The predicted molar refractivity (Wildman–Crippen MR) is 82.5 cm³/mol. The first-order valence-corrected chi connectivity index (χ1v) is 6.98. The van der Waals surface area contributed by atoms with Gasteiger partial charge in [0.1, 0.15) is 0 Å². The van der Waals surface area contributed by atoms with Crippen molar-refractivity contribution in [3.8, 4) is 0 Å². The summed E-state index contributed by atoms with van der Waals surface area (Å²) in [7, 11) is 0. The van der Waals surface area contributed by atoms with Gasteiger partial charge in [-0.05, 0) is 51.5 Å². The first-order valence-electron chi connectivity index (χ1n) is 6.98. The van der Waals surface area contributed by atoms with Crippen LogP contribution >= 0.6 is 0 Å². The summed E-state index contributed by atoms with van der Waals surface area (Å²) < 4.78 is 0. The molecule has 0 bridgehead atoms. The number of amides is 1. The van der Waals surface area contributed by atoms with Crippen LogP contribution in [0.25, 0.3) is 0 Å². The first-order chi connectivity index (χ1) is 9.45. The highest BCUT2D eigenvalue weighted by Crippen LogP contribution is 2.13. The highest BCUT2D eigenvalue weighted by atomic mass is 16.3. The average molecular weight is 279 g/mol. The molecule has 1 amide bonds. The average Bonchev–Trinajstić information content (AvgIpc) is 2.41. The molecule has 0 saturated heterocycles. The van der Waals surface area contributed by atoms with Gasteiger partial charge in [0, 0.05) is 30.6 Å². The Morgan fingerprint density at radius 2 is 1.90 bits per heavy atom. The molecule has 4 N–H and O–H groups in total. The number of rotatable bonds is 7. The smallest absolute Gasteiger partial charge is 0.241 e. The maximum absolute atomic E-state index is 12.3. The summed E-state index contributed by atoms with van der Waals surface area (Å²) in [6.45, 7) is 6.80. The molecule has 112 valence electrons. The number of carbonyl (C=O) groups is 1. The molecule has 0 radical (unpaired) electrons. The molecule has 0 heterocycles. The quantitative estimate of drug-likeness (QED) is 0.664. The largest absolute Gasteiger partial charge is 0.399 e. The third-order valence-electron chi connectivity index (χ3n) is 3.29. The van der Waals surface area contributed by atoms with E-state index in [0.29, 0.717) is 18.7 Å². The van der Waals surface area contributed by atoms with E-state index in [1.165, 1.54) is 0 Å². The van der Waals surface area contributed by atoms with Crippen molar-refractivity contribution in [2.45, 2.75) is 39.3 Å². The number of nitrogens with zero attached hydrogens (tertiary/aromatic N) is 1. The lowest BCUT2D eigenvalue weighted by Gasteiger charge is -2.31. The highest BCUT2D eigenvalue weighted by molar-refractivity contribution is 5.94. The number of aliphatic hydroxyl groups excluding tert-OH is 1. The molecule has 0 aliphatic rings. The minimum Gasteiger partial charge on any atom is -0.399 e. The van der Waals surface area contributed by atoms with Gasteiger partial charge < -0.3 is 16.2 Å². The Kier molecular flexibility index (Phi) is 6.48. The van der Waals surface area contributed by atoms with Gasteiger partial charge in [-0.15, -0.1) is 0 Å². The molecule has 1 aromatic carbocycles. The number of hydrogen-bond donors (Lipinski definition) is 3. The number of anilines is 2. The van der Waals surface area contributed by atoms with E-state index in [0.717, 1.165) is 5.69 Å². The van der Waals surface area contributed by atoms with E-state index < -0.39 is 0 Å². The fourth-order valence-corrected chi connectivity index (χ4v) is 2.12. The molecule has 0 fully saturated rings. The van der Waals surface area contributed by atoms with Crippen molar-refractivity contribution in [2.24, 2.45) is 0 Å². The van der Waals surface area contributed by atoms with Gasteiger partial charge in [0.2, 0.25) is 5.91 Å². The molecule has 0 aliphatic carbocycles. The molecular weight excluding hydrogens is 254 g/mol. The van der Waals surface area contributed by atoms with Crippen LogP contribution in [0.4, 0.5) is 11.4 Å². The van der Waals surface area contributed by atoms with Gasteiger partial charge in [0.25, 0.3) is 0 Å². The van der Waals surface area contributed by atoms with Crippen molar-refractivity contribution >= 4 is 17.3 Å². The number of nitrogens with two attached hydrogens (primary N) is 1. The summed E-state index contributed by atoms with van der Waals surface area (Å²) in [5, 5.41) is 11.8. The molecular formula is C15H25N3O2. The van der Waals surface area contributed by atoms with Crippen LogP contribution in [0, 0.1) is 0 Å². The Bertz CT molecular complexity index is 418. The topological polar surface area (TPSA) is 78.6 Å². The van der Waals surface area contributed by atoms with Gasteiger partial charge in [0.05, 0.1) is 6.04 Å². The zero-order valence-electron chi connectivity index (χ0n) is 12.5. The maximum atomic E-state index is 12.3. The molecule has 1 rings (SSSR count). The van der Waals surface area contributed by atoms with E-state index in [1.807, 2.05) is 20.8 Å². The van der Waals surface area contributed by atoms with Crippen LogP contribution in [0.2, 0.25) is 0 Å². The fraction of sp³-hybridized carbons (Fsp3) is 0.533. The van der Waals surface area contributed by atoms with Crippen molar-refractivity contribution in [3.05, 3.63) is 24.3 Å². The van der Waals surface area contributed by atoms with Crippen LogP contribution in [0.15, 0.2) is 24.3 Å². The summed E-state index contributed by atoms with van der Waals surface area (Å²) in [4.78, 5) is 14.3. The van der Waals surface area contributed by atoms with Crippen LogP contribution in [-0.2, 0) is 4.79 Å². The van der Waals surface area contributed by atoms with Crippen molar-refractivity contribution in [1.82, 2.24) is 4.90 Å². The van der Waals surface area contributed by atoms with Crippen molar-refractivity contribution in [2.75, 3.05) is 24.2 Å². The third kappa shape index (κ3) is 4.83. The Morgan fingerprint density at radius 1 is 1.30 bits per heavy atom. The Hall–Kier alpha value is -1.59. The number of nitrogens with one attached hydrogen (secondary N) is 1. The van der Waals surface area contributed by atoms with Crippen molar-refractivity contribution in [3.63, 3.8) is 0 Å². The molecule has 0 spiro atoms. The highest BCUT2D eigenvalue weighted by Gasteiger charge is 2.23. The van der Waals surface area contributed by atoms with Gasteiger partial charge >= 0.3 is 0 Å². The van der Waals surface area contributed by atoms with Crippen molar-refractivity contribution in [1.29, 1.82) is 0 Å². The van der Waals surface area contributed by atoms with Crippen LogP contribution < -0.4 is 11.1 Å². The molecule has 0 aromatic heterocycles. The Balaban J connectivity index is 2.66. The number of aliphatic hydroxyl groups is 1. The zero-order chi connectivity index (χ0) is 15.1. The fourth-order valence-electron chi connectivity index (χ4n) is 2.12. The number of benzene rings is 1. The number of hydrogen-bond acceptors (Lipinski definition) is 4. The zero-order valence-corrected chi connectivity index (χ0v) is 12.5. The molecule has 20 heavy (non-hydrogen) atoms.